The van der Waals surface area contributed by atoms with Crippen molar-refractivity contribution >= 4 is 16.0 Å². The fourth-order valence-corrected chi connectivity index (χ4v) is 3.10. The quantitative estimate of drug-likeness (QED) is 0.781. The fourth-order valence-electron chi connectivity index (χ4n) is 2.11. The first-order valence-electron chi connectivity index (χ1n) is 7.66. The third kappa shape index (κ3) is 5.47. The van der Waals surface area contributed by atoms with Gasteiger partial charge in [0.2, 0.25) is 5.91 Å². The molecule has 0 radical (unpaired) electrons. The molecule has 2 aromatic carbocycles. The van der Waals surface area contributed by atoms with Crippen molar-refractivity contribution in [2.45, 2.75) is 31.2 Å². The molecule has 128 valence electrons. The Morgan fingerprint density at radius 3 is 2.33 bits per heavy atom. The number of carbonyl (C=O) groups excluding carboxylic acids is 1. The number of amides is 1. The predicted molar refractivity (Wildman–Crippen MR) is 92.1 cm³/mol. The SMILES string of the molecule is Cc1ccc(S(=O)(=O)OCC(C)NC(=O)Cc2ccccc2)cc1. The Morgan fingerprint density at radius 1 is 1.08 bits per heavy atom. The first-order chi connectivity index (χ1) is 11.4. The highest BCUT2D eigenvalue weighted by Gasteiger charge is 2.17. The molecule has 6 heteroatoms. The van der Waals surface area contributed by atoms with Crippen molar-refractivity contribution in [3.05, 3.63) is 65.7 Å². The van der Waals surface area contributed by atoms with E-state index in [4.69, 9.17) is 4.18 Å². The van der Waals surface area contributed by atoms with E-state index in [1.54, 1.807) is 19.1 Å². The molecule has 0 aliphatic carbocycles. The number of carbonyl (C=O) groups is 1. The van der Waals surface area contributed by atoms with Crippen LogP contribution in [0.25, 0.3) is 0 Å². The maximum absolute atomic E-state index is 12.1. The lowest BCUT2D eigenvalue weighted by molar-refractivity contribution is -0.121. The molecule has 0 heterocycles. The Kier molecular flexibility index (Phi) is 6.11. The monoisotopic (exact) mass is 347 g/mol. The Morgan fingerprint density at radius 2 is 1.71 bits per heavy atom. The first-order valence-corrected chi connectivity index (χ1v) is 9.07. The van der Waals surface area contributed by atoms with Gasteiger partial charge in [0.15, 0.2) is 0 Å². The Balaban J connectivity index is 1.85. The zero-order chi connectivity index (χ0) is 17.6. The van der Waals surface area contributed by atoms with Gasteiger partial charge in [-0.3, -0.25) is 8.98 Å². The van der Waals surface area contributed by atoms with E-state index in [-0.39, 0.29) is 23.8 Å². The molecule has 5 nitrogen and oxygen atoms in total. The van der Waals surface area contributed by atoms with Crippen LogP contribution in [-0.4, -0.2) is 27.0 Å². The average molecular weight is 347 g/mol. The molecule has 0 aliphatic heterocycles. The number of rotatable bonds is 7. The lowest BCUT2D eigenvalue weighted by atomic mass is 10.1. The number of benzene rings is 2. The van der Waals surface area contributed by atoms with Crippen LogP contribution in [0.3, 0.4) is 0 Å². The minimum atomic E-state index is -3.82. The van der Waals surface area contributed by atoms with E-state index in [2.05, 4.69) is 5.32 Å². The first kappa shape index (κ1) is 18.2. The molecule has 0 aliphatic rings. The van der Waals surface area contributed by atoms with Crippen molar-refractivity contribution in [1.82, 2.24) is 5.32 Å². The summed E-state index contributed by atoms with van der Waals surface area (Å²) in [6, 6.07) is 15.3. The molecule has 0 bridgehead atoms. The molecule has 0 saturated heterocycles. The van der Waals surface area contributed by atoms with Crippen LogP contribution < -0.4 is 5.32 Å². The van der Waals surface area contributed by atoms with E-state index in [0.717, 1.165) is 11.1 Å². The molecular formula is C18H21NO4S. The van der Waals surface area contributed by atoms with Crippen molar-refractivity contribution < 1.29 is 17.4 Å². The number of hydrogen-bond donors (Lipinski definition) is 1. The van der Waals surface area contributed by atoms with Gasteiger partial charge in [-0.05, 0) is 31.5 Å². The lowest BCUT2D eigenvalue weighted by Crippen LogP contribution is -2.37. The molecule has 1 atom stereocenters. The second-order valence-corrected chi connectivity index (χ2v) is 7.30. The smallest absolute Gasteiger partial charge is 0.297 e. The maximum atomic E-state index is 12.1. The highest BCUT2D eigenvalue weighted by Crippen LogP contribution is 2.13. The third-order valence-electron chi connectivity index (χ3n) is 3.40. The molecule has 1 N–H and O–H groups in total. The summed E-state index contributed by atoms with van der Waals surface area (Å²) in [6.45, 7) is 3.46. The predicted octanol–water partition coefficient (Wildman–Crippen LogP) is 2.45. The number of nitrogens with one attached hydrogen (secondary N) is 1. The minimum Gasteiger partial charge on any atom is -0.351 e. The van der Waals surface area contributed by atoms with Gasteiger partial charge in [-0.2, -0.15) is 8.42 Å². The van der Waals surface area contributed by atoms with Crippen LogP contribution in [0.15, 0.2) is 59.5 Å². The summed E-state index contributed by atoms with van der Waals surface area (Å²) in [4.78, 5) is 12.0. The molecule has 2 aromatic rings. The maximum Gasteiger partial charge on any atom is 0.297 e. The Hall–Kier alpha value is -2.18. The van der Waals surface area contributed by atoms with Crippen LogP contribution >= 0.6 is 0 Å². The lowest BCUT2D eigenvalue weighted by Gasteiger charge is -2.14. The largest absolute Gasteiger partial charge is 0.351 e. The van der Waals surface area contributed by atoms with Crippen LogP contribution in [0.4, 0.5) is 0 Å². The second-order valence-electron chi connectivity index (χ2n) is 5.68. The minimum absolute atomic E-state index is 0.107. The van der Waals surface area contributed by atoms with Crippen molar-refractivity contribution in [2.24, 2.45) is 0 Å². The number of hydrogen-bond acceptors (Lipinski definition) is 4. The second kappa shape index (κ2) is 8.08. The summed E-state index contributed by atoms with van der Waals surface area (Å²) in [7, 11) is -3.82. The van der Waals surface area contributed by atoms with Gasteiger partial charge in [0, 0.05) is 0 Å². The molecule has 0 saturated carbocycles. The number of aryl methyl sites for hydroxylation is 1. The van der Waals surface area contributed by atoms with Gasteiger partial charge in [0.25, 0.3) is 10.1 Å². The molecule has 0 aromatic heterocycles. The van der Waals surface area contributed by atoms with Gasteiger partial charge in [-0.25, -0.2) is 0 Å². The van der Waals surface area contributed by atoms with Gasteiger partial charge in [-0.15, -0.1) is 0 Å². The molecule has 1 unspecified atom stereocenters. The van der Waals surface area contributed by atoms with E-state index in [0.29, 0.717) is 0 Å². The van der Waals surface area contributed by atoms with Crippen LogP contribution in [0.5, 0.6) is 0 Å². The molecule has 1 amide bonds. The van der Waals surface area contributed by atoms with E-state index in [1.165, 1.54) is 12.1 Å². The average Bonchev–Trinajstić information content (AvgIpc) is 2.54. The van der Waals surface area contributed by atoms with Gasteiger partial charge in [0.1, 0.15) is 0 Å². The van der Waals surface area contributed by atoms with Crippen molar-refractivity contribution in [2.75, 3.05) is 6.61 Å². The van der Waals surface area contributed by atoms with Gasteiger partial charge >= 0.3 is 0 Å². The van der Waals surface area contributed by atoms with Gasteiger partial charge < -0.3 is 5.32 Å². The van der Waals surface area contributed by atoms with E-state index in [1.807, 2.05) is 37.3 Å². The van der Waals surface area contributed by atoms with Gasteiger partial charge in [-0.1, -0.05) is 48.0 Å². The topological polar surface area (TPSA) is 72.5 Å². The van der Waals surface area contributed by atoms with E-state index < -0.39 is 16.2 Å². The van der Waals surface area contributed by atoms with Gasteiger partial charge in [0.05, 0.1) is 24.0 Å². The van der Waals surface area contributed by atoms with E-state index >= 15 is 0 Å². The highest BCUT2D eigenvalue weighted by atomic mass is 32.2. The van der Waals surface area contributed by atoms with Crippen LogP contribution in [-0.2, 0) is 25.5 Å². The van der Waals surface area contributed by atoms with Crippen molar-refractivity contribution in [3.63, 3.8) is 0 Å². The fraction of sp³-hybridized carbons (Fsp3) is 0.278. The van der Waals surface area contributed by atoms with Crippen LogP contribution in [0.1, 0.15) is 18.1 Å². The Labute approximate surface area is 142 Å². The standard InChI is InChI=1S/C18H21NO4S/c1-14-8-10-17(11-9-14)24(21,22)23-13-15(2)19-18(20)12-16-6-4-3-5-7-16/h3-11,15H,12-13H2,1-2H3,(H,19,20). The Bertz CT molecular complexity index is 770. The van der Waals surface area contributed by atoms with Crippen molar-refractivity contribution in [3.8, 4) is 0 Å². The van der Waals surface area contributed by atoms with Crippen molar-refractivity contribution in [1.29, 1.82) is 0 Å². The summed E-state index contributed by atoms with van der Waals surface area (Å²) in [5.41, 5.74) is 1.87. The molecule has 2 rings (SSSR count). The molecule has 0 spiro atoms. The molecule has 0 fully saturated rings. The summed E-state index contributed by atoms with van der Waals surface area (Å²) in [6.07, 6.45) is 0.246. The zero-order valence-corrected chi connectivity index (χ0v) is 14.5. The molecule has 24 heavy (non-hydrogen) atoms. The zero-order valence-electron chi connectivity index (χ0n) is 13.7. The summed E-state index contributed by atoms with van der Waals surface area (Å²) >= 11 is 0. The van der Waals surface area contributed by atoms with E-state index in [9.17, 15) is 13.2 Å². The summed E-state index contributed by atoms with van der Waals surface area (Å²) < 4.78 is 29.2. The normalized spacial score (nSPS) is 12.6. The summed E-state index contributed by atoms with van der Waals surface area (Å²) in [5.74, 6) is -0.176. The van der Waals surface area contributed by atoms with Crippen LogP contribution in [0.2, 0.25) is 0 Å². The highest BCUT2D eigenvalue weighted by molar-refractivity contribution is 7.86. The summed E-state index contributed by atoms with van der Waals surface area (Å²) in [5, 5.41) is 2.73. The van der Waals surface area contributed by atoms with Crippen LogP contribution in [0, 0.1) is 6.92 Å². The third-order valence-corrected chi connectivity index (χ3v) is 4.69. The molecular weight excluding hydrogens is 326 g/mol.